The molecule has 8 heteroatoms. The van der Waals surface area contributed by atoms with Gasteiger partial charge in [-0.15, -0.1) is 0 Å². The zero-order valence-corrected chi connectivity index (χ0v) is 17.2. The summed E-state index contributed by atoms with van der Waals surface area (Å²) in [7, 11) is 3.32. The van der Waals surface area contributed by atoms with E-state index in [9.17, 15) is 9.59 Å². The number of amides is 2. The van der Waals surface area contributed by atoms with Crippen LogP contribution in [0.1, 0.15) is 22.9 Å². The first kappa shape index (κ1) is 18.1. The van der Waals surface area contributed by atoms with E-state index < -0.39 is 12.1 Å². The molecule has 2 aromatic carbocycles. The number of H-pyrrole nitrogens is 1. The molecule has 8 nitrogen and oxygen atoms in total. The van der Waals surface area contributed by atoms with Gasteiger partial charge in [-0.1, -0.05) is 6.07 Å². The van der Waals surface area contributed by atoms with Crippen LogP contribution in [0.3, 0.4) is 0 Å². The summed E-state index contributed by atoms with van der Waals surface area (Å²) in [5.74, 6) is 1.95. The normalized spacial score (nSPS) is 22.0. The zero-order valence-electron chi connectivity index (χ0n) is 17.2. The molecular weight excluding hydrogens is 398 g/mol. The quantitative estimate of drug-likeness (QED) is 0.689. The minimum atomic E-state index is -0.556. The van der Waals surface area contributed by atoms with Gasteiger partial charge in [0.25, 0.3) is 0 Å². The van der Waals surface area contributed by atoms with E-state index in [0.717, 1.165) is 33.5 Å². The van der Waals surface area contributed by atoms with Gasteiger partial charge in [-0.3, -0.25) is 9.59 Å². The summed E-state index contributed by atoms with van der Waals surface area (Å²) in [5, 5.41) is 1.01. The number of aromatic amines is 1. The molecule has 0 unspecified atom stereocenters. The highest BCUT2D eigenvalue weighted by Crippen LogP contribution is 2.45. The highest BCUT2D eigenvalue weighted by molar-refractivity contribution is 5.97. The lowest BCUT2D eigenvalue weighted by Crippen LogP contribution is -2.62. The fourth-order valence-corrected chi connectivity index (χ4v) is 4.99. The topological polar surface area (TPSA) is 84.1 Å². The summed E-state index contributed by atoms with van der Waals surface area (Å²) in [6.07, 6.45) is 0.457. The number of likely N-dealkylation sites (N-methyl/N-ethyl adjacent to an activating group) is 1. The third-order valence-electron chi connectivity index (χ3n) is 6.47. The summed E-state index contributed by atoms with van der Waals surface area (Å²) < 4.78 is 16.5. The van der Waals surface area contributed by atoms with Crippen LogP contribution in [0.2, 0.25) is 0 Å². The van der Waals surface area contributed by atoms with E-state index in [1.54, 1.807) is 19.1 Å². The number of carbonyl (C=O) groups excluding carboxylic acids is 2. The number of nitrogens with zero attached hydrogens (tertiary/aromatic N) is 2. The Morgan fingerprint density at radius 3 is 2.77 bits per heavy atom. The van der Waals surface area contributed by atoms with Crippen LogP contribution in [0.4, 0.5) is 0 Å². The molecule has 3 aliphatic rings. The van der Waals surface area contributed by atoms with Crippen molar-refractivity contribution in [1.82, 2.24) is 14.8 Å². The van der Waals surface area contributed by atoms with Crippen molar-refractivity contribution in [3.8, 4) is 17.2 Å². The highest BCUT2D eigenvalue weighted by Gasteiger charge is 2.47. The number of nitrogens with one attached hydrogen (secondary N) is 1. The maximum absolute atomic E-state index is 13.2. The molecule has 1 N–H and O–H groups in total. The maximum atomic E-state index is 13.2. The Kier molecular flexibility index (Phi) is 3.74. The Morgan fingerprint density at radius 1 is 1.10 bits per heavy atom. The molecule has 1 aromatic heterocycles. The predicted molar refractivity (Wildman–Crippen MR) is 111 cm³/mol. The molecule has 1 fully saturated rings. The zero-order chi connectivity index (χ0) is 21.3. The molecule has 2 amide bonds. The predicted octanol–water partition coefficient (Wildman–Crippen LogP) is 2.22. The van der Waals surface area contributed by atoms with Crippen LogP contribution in [0.5, 0.6) is 17.2 Å². The van der Waals surface area contributed by atoms with Crippen molar-refractivity contribution in [3.05, 3.63) is 53.2 Å². The van der Waals surface area contributed by atoms with Crippen LogP contribution in [0.15, 0.2) is 36.4 Å². The number of carbonyl (C=O) groups is 2. The molecule has 1 saturated heterocycles. The molecular formula is C23H21N3O5. The Morgan fingerprint density at radius 2 is 1.94 bits per heavy atom. The number of hydrogen-bond donors (Lipinski definition) is 1. The molecule has 4 heterocycles. The first-order valence-electron chi connectivity index (χ1n) is 10.2. The van der Waals surface area contributed by atoms with Crippen molar-refractivity contribution >= 4 is 22.7 Å². The monoisotopic (exact) mass is 419 g/mol. The summed E-state index contributed by atoms with van der Waals surface area (Å²) in [4.78, 5) is 33.0. The molecule has 0 spiro atoms. The highest BCUT2D eigenvalue weighted by atomic mass is 16.7. The van der Waals surface area contributed by atoms with Crippen molar-refractivity contribution in [2.24, 2.45) is 0 Å². The van der Waals surface area contributed by atoms with Gasteiger partial charge in [-0.05, 0) is 41.5 Å². The summed E-state index contributed by atoms with van der Waals surface area (Å²) in [6.45, 7) is 0.245. The first-order valence-corrected chi connectivity index (χ1v) is 10.2. The van der Waals surface area contributed by atoms with Gasteiger partial charge in [-0.25, -0.2) is 0 Å². The third kappa shape index (κ3) is 2.54. The molecule has 2 atom stereocenters. The fraction of sp³-hybridized carbons (Fsp3) is 0.304. The van der Waals surface area contributed by atoms with Gasteiger partial charge in [0.1, 0.15) is 11.8 Å². The van der Waals surface area contributed by atoms with E-state index in [1.165, 1.54) is 4.90 Å². The van der Waals surface area contributed by atoms with Crippen molar-refractivity contribution in [2.75, 3.05) is 27.5 Å². The Balaban J connectivity index is 1.59. The van der Waals surface area contributed by atoms with E-state index in [-0.39, 0.29) is 25.2 Å². The Labute approximate surface area is 178 Å². The van der Waals surface area contributed by atoms with E-state index in [1.807, 2.05) is 36.4 Å². The second kappa shape index (κ2) is 6.41. The maximum Gasteiger partial charge on any atom is 0.245 e. The molecule has 0 radical (unpaired) electrons. The largest absolute Gasteiger partial charge is 0.497 e. The van der Waals surface area contributed by atoms with Crippen LogP contribution in [-0.4, -0.2) is 60.1 Å². The number of ether oxygens (including phenoxy) is 3. The van der Waals surface area contributed by atoms with Crippen LogP contribution < -0.4 is 14.2 Å². The lowest BCUT2D eigenvalue weighted by atomic mass is 9.86. The summed E-state index contributed by atoms with van der Waals surface area (Å²) in [5.41, 5.74) is 3.78. The van der Waals surface area contributed by atoms with Crippen molar-refractivity contribution in [3.63, 3.8) is 0 Å². The molecule has 0 aliphatic carbocycles. The average molecular weight is 419 g/mol. The van der Waals surface area contributed by atoms with Crippen LogP contribution in [0, 0.1) is 0 Å². The van der Waals surface area contributed by atoms with Gasteiger partial charge in [0, 0.05) is 30.1 Å². The molecule has 6 rings (SSSR count). The van der Waals surface area contributed by atoms with Gasteiger partial charge in [0.05, 0.1) is 19.7 Å². The van der Waals surface area contributed by atoms with Crippen molar-refractivity contribution in [1.29, 1.82) is 0 Å². The minimum absolute atomic E-state index is 0.0479. The number of rotatable bonds is 2. The molecule has 0 saturated carbocycles. The second-order valence-corrected chi connectivity index (χ2v) is 8.16. The number of benzene rings is 2. The van der Waals surface area contributed by atoms with Gasteiger partial charge in [0.15, 0.2) is 11.5 Å². The summed E-state index contributed by atoms with van der Waals surface area (Å²) >= 11 is 0. The minimum Gasteiger partial charge on any atom is -0.497 e. The lowest BCUT2D eigenvalue weighted by molar-refractivity contribution is -0.157. The third-order valence-corrected chi connectivity index (χ3v) is 6.47. The lowest BCUT2D eigenvalue weighted by Gasteiger charge is -2.46. The Hall–Kier alpha value is -3.68. The van der Waals surface area contributed by atoms with E-state index in [4.69, 9.17) is 14.2 Å². The van der Waals surface area contributed by atoms with E-state index in [2.05, 4.69) is 4.98 Å². The number of piperazine rings is 1. The van der Waals surface area contributed by atoms with Crippen molar-refractivity contribution in [2.45, 2.75) is 18.5 Å². The smallest absolute Gasteiger partial charge is 0.245 e. The average Bonchev–Trinajstić information content (AvgIpc) is 3.39. The molecule has 3 aromatic rings. The van der Waals surface area contributed by atoms with Crippen LogP contribution >= 0.6 is 0 Å². The standard InChI is InChI=1S/C23H21N3O5/c1-25-10-20(27)26-17(23(25)28)9-15-14-8-13(29-2)4-5-16(14)24-21(15)22(26)12-3-6-18-19(7-12)31-11-30-18/h3-8,17,22,24H,9-11H2,1-2H3/t17-,22-/m0/s1. The Bertz CT molecular complexity index is 1250. The number of methoxy groups -OCH3 is 1. The molecule has 31 heavy (non-hydrogen) atoms. The van der Waals surface area contributed by atoms with E-state index >= 15 is 0 Å². The first-order chi connectivity index (χ1) is 15.0. The van der Waals surface area contributed by atoms with Gasteiger partial charge < -0.3 is 29.0 Å². The van der Waals surface area contributed by atoms with Crippen LogP contribution in [-0.2, 0) is 16.0 Å². The van der Waals surface area contributed by atoms with E-state index in [0.29, 0.717) is 17.9 Å². The molecule has 0 bridgehead atoms. The second-order valence-electron chi connectivity index (χ2n) is 8.16. The molecule has 158 valence electrons. The summed E-state index contributed by atoms with van der Waals surface area (Å²) in [6, 6.07) is 10.6. The number of hydrogen-bond acceptors (Lipinski definition) is 5. The fourth-order valence-electron chi connectivity index (χ4n) is 4.99. The SMILES string of the molecule is COc1ccc2[nH]c3c(c2c1)C[C@H]1C(=O)N(C)CC(=O)N1[C@H]3c1ccc2c(c1)OCO2. The van der Waals surface area contributed by atoms with Gasteiger partial charge >= 0.3 is 0 Å². The van der Waals surface area contributed by atoms with Crippen LogP contribution in [0.25, 0.3) is 10.9 Å². The van der Waals surface area contributed by atoms with Crippen molar-refractivity contribution < 1.29 is 23.8 Å². The van der Waals surface area contributed by atoms with Gasteiger partial charge in [-0.2, -0.15) is 0 Å². The number of aromatic nitrogens is 1. The number of fused-ring (bicyclic) bond motifs is 5. The van der Waals surface area contributed by atoms with Gasteiger partial charge in [0.2, 0.25) is 18.6 Å². The molecule has 3 aliphatic heterocycles.